The van der Waals surface area contributed by atoms with Gasteiger partial charge in [-0.1, -0.05) is 29.3 Å². The topological polar surface area (TPSA) is 95.8 Å². The maximum atomic E-state index is 13.3. The molecule has 2 aromatic carbocycles. The van der Waals surface area contributed by atoms with Crippen LogP contribution in [0.1, 0.15) is 31.1 Å². The SMILES string of the molecule is CCN(CC(=O)Nc1c(Cl)cccc1Cl)C(=O)c1cc([N+](=O)[O-])ccc1N(CC)CC. The summed E-state index contributed by atoms with van der Waals surface area (Å²) in [6.45, 7) is 6.77. The third kappa shape index (κ3) is 5.86. The maximum absolute atomic E-state index is 13.3. The van der Waals surface area contributed by atoms with E-state index >= 15 is 0 Å². The lowest BCUT2D eigenvalue weighted by atomic mass is 10.1. The number of rotatable bonds is 9. The van der Waals surface area contributed by atoms with E-state index < -0.39 is 16.7 Å². The van der Waals surface area contributed by atoms with Crippen LogP contribution in [0.2, 0.25) is 10.0 Å². The molecule has 10 heteroatoms. The molecule has 0 bridgehead atoms. The first kappa shape index (κ1) is 24.4. The van der Waals surface area contributed by atoms with E-state index in [1.54, 1.807) is 31.2 Å². The van der Waals surface area contributed by atoms with Crippen molar-refractivity contribution in [2.45, 2.75) is 20.8 Å². The van der Waals surface area contributed by atoms with E-state index in [2.05, 4.69) is 5.32 Å². The van der Waals surface area contributed by atoms with Crippen molar-refractivity contribution in [1.29, 1.82) is 0 Å². The highest BCUT2D eigenvalue weighted by atomic mass is 35.5. The van der Waals surface area contributed by atoms with Crippen molar-refractivity contribution in [3.8, 4) is 0 Å². The van der Waals surface area contributed by atoms with E-state index in [0.717, 1.165) is 0 Å². The van der Waals surface area contributed by atoms with Crippen LogP contribution in [0, 0.1) is 10.1 Å². The van der Waals surface area contributed by atoms with Gasteiger partial charge in [-0.25, -0.2) is 0 Å². The summed E-state index contributed by atoms with van der Waals surface area (Å²) >= 11 is 12.2. The molecule has 1 N–H and O–H groups in total. The highest BCUT2D eigenvalue weighted by Gasteiger charge is 2.25. The molecule has 8 nitrogen and oxygen atoms in total. The number of likely N-dealkylation sites (N-methyl/N-ethyl adjacent to an activating group) is 1. The molecule has 0 unspecified atom stereocenters. The minimum atomic E-state index is -0.550. The monoisotopic (exact) mass is 466 g/mol. The first-order valence-electron chi connectivity index (χ1n) is 9.79. The fraction of sp³-hybridized carbons (Fsp3) is 0.333. The number of nitrogens with one attached hydrogen (secondary N) is 1. The van der Waals surface area contributed by atoms with E-state index in [1.165, 1.54) is 17.0 Å². The van der Waals surface area contributed by atoms with Gasteiger partial charge in [-0.15, -0.1) is 0 Å². The predicted octanol–water partition coefficient (Wildman–Crippen LogP) is 4.85. The average molecular weight is 467 g/mol. The summed E-state index contributed by atoms with van der Waals surface area (Å²) < 4.78 is 0. The number of anilines is 2. The number of amides is 2. The van der Waals surface area contributed by atoms with Crippen LogP contribution in [0.25, 0.3) is 0 Å². The minimum absolute atomic E-state index is 0.170. The molecule has 31 heavy (non-hydrogen) atoms. The van der Waals surface area contributed by atoms with Crippen molar-refractivity contribution in [2.24, 2.45) is 0 Å². The number of non-ortho nitro benzene ring substituents is 1. The van der Waals surface area contributed by atoms with Gasteiger partial charge in [-0.2, -0.15) is 0 Å². The number of halogens is 2. The molecular weight excluding hydrogens is 443 g/mol. The third-order valence-corrected chi connectivity index (χ3v) is 5.39. The van der Waals surface area contributed by atoms with Crippen molar-refractivity contribution < 1.29 is 14.5 Å². The summed E-state index contributed by atoms with van der Waals surface area (Å²) in [5.41, 5.74) is 0.818. The minimum Gasteiger partial charge on any atom is -0.371 e. The predicted molar refractivity (Wildman–Crippen MR) is 123 cm³/mol. The number of hydrogen-bond acceptors (Lipinski definition) is 5. The van der Waals surface area contributed by atoms with Crippen LogP contribution in [0.3, 0.4) is 0 Å². The Hall–Kier alpha value is -2.84. The fourth-order valence-corrected chi connectivity index (χ4v) is 3.61. The van der Waals surface area contributed by atoms with Crippen molar-refractivity contribution in [3.63, 3.8) is 0 Å². The van der Waals surface area contributed by atoms with Gasteiger partial charge in [0.2, 0.25) is 5.91 Å². The van der Waals surface area contributed by atoms with Crippen molar-refractivity contribution in [3.05, 3.63) is 62.1 Å². The Morgan fingerprint density at radius 3 is 2.16 bits per heavy atom. The Morgan fingerprint density at radius 1 is 1.03 bits per heavy atom. The van der Waals surface area contributed by atoms with Gasteiger partial charge in [0.1, 0.15) is 6.54 Å². The number of para-hydroxylation sites is 1. The summed E-state index contributed by atoms with van der Waals surface area (Å²) in [7, 11) is 0. The second-order valence-electron chi connectivity index (χ2n) is 6.60. The molecule has 0 saturated heterocycles. The second-order valence-corrected chi connectivity index (χ2v) is 7.41. The number of carbonyl (C=O) groups excluding carboxylic acids is 2. The van der Waals surface area contributed by atoms with Crippen LogP contribution >= 0.6 is 23.2 Å². The molecule has 2 rings (SSSR count). The molecule has 166 valence electrons. The Bertz CT molecular complexity index is 960. The number of nitrogens with zero attached hydrogens (tertiary/aromatic N) is 3. The molecule has 0 saturated carbocycles. The number of carbonyl (C=O) groups is 2. The fourth-order valence-electron chi connectivity index (χ4n) is 3.12. The average Bonchev–Trinajstić information content (AvgIpc) is 2.75. The van der Waals surface area contributed by atoms with E-state index in [4.69, 9.17) is 23.2 Å². The Kier molecular flexibility index (Phi) is 8.65. The Labute approximate surface area is 190 Å². The molecule has 0 radical (unpaired) electrons. The summed E-state index contributed by atoms with van der Waals surface area (Å²) in [4.78, 5) is 39.8. The van der Waals surface area contributed by atoms with Crippen LogP contribution in [-0.4, -0.2) is 47.8 Å². The second kappa shape index (κ2) is 11.0. The quantitative estimate of drug-likeness (QED) is 0.420. The van der Waals surface area contributed by atoms with Crippen LogP contribution in [0.5, 0.6) is 0 Å². The van der Waals surface area contributed by atoms with Crippen molar-refractivity contribution >= 4 is 52.1 Å². The molecule has 0 aliphatic heterocycles. The Morgan fingerprint density at radius 2 is 1.65 bits per heavy atom. The van der Waals surface area contributed by atoms with Crippen molar-refractivity contribution in [1.82, 2.24) is 4.90 Å². The van der Waals surface area contributed by atoms with Crippen LogP contribution in [0.4, 0.5) is 17.1 Å². The highest BCUT2D eigenvalue weighted by molar-refractivity contribution is 6.39. The van der Waals surface area contributed by atoms with Crippen LogP contribution in [0.15, 0.2) is 36.4 Å². The lowest BCUT2D eigenvalue weighted by Gasteiger charge is -2.27. The molecule has 0 fully saturated rings. The smallest absolute Gasteiger partial charge is 0.270 e. The van der Waals surface area contributed by atoms with Gasteiger partial charge in [0.25, 0.3) is 11.6 Å². The van der Waals surface area contributed by atoms with Gasteiger partial charge >= 0.3 is 0 Å². The van der Waals surface area contributed by atoms with Gasteiger partial charge in [0.15, 0.2) is 0 Å². The summed E-state index contributed by atoms with van der Waals surface area (Å²) in [5.74, 6) is -0.964. The van der Waals surface area contributed by atoms with E-state index in [9.17, 15) is 19.7 Å². The molecule has 0 aromatic heterocycles. The van der Waals surface area contributed by atoms with Crippen LogP contribution < -0.4 is 10.2 Å². The van der Waals surface area contributed by atoms with Gasteiger partial charge in [0.05, 0.1) is 31.9 Å². The first-order valence-corrected chi connectivity index (χ1v) is 10.5. The molecule has 2 aromatic rings. The number of nitro benzene ring substituents is 1. The van der Waals surface area contributed by atoms with E-state index in [-0.39, 0.29) is 40.1 Å². The van der Waals surface area contributed by atoms with Gasteiger partial charge in [-0.3, -0.25) is 19.7 Å². The zero-order valence-electron chi connectivity index (χ0n) is 17.5. The summed E-state index contributed by atoms with van der Waals surface area (Å²) in [5, 5.41) is 14.4. The first-order chi connectivity index (χ1) is 14.7. The van der Waals surface area contributed by atoms with Gasteiger partial charge in [0, 0.05) is 31.8 Å². The van der Waals surface area contributed by atoms with E-state index in [0.29, 0.717) is 18.8 Å². The summed E-state index contributed by atoms with van der Waals surface area (Å²) in [6, 6.07) is 9.01. The molecule has 0 aliphatic rings. The lowest BCUT2D eigenvalue weighted by molar-refractivity contribution is -0.384. The third-order valence-electron chi connectivity index (χ3n) is 4.76. The zero-order chi connectivity index (χ0) is 23.1. The van der Waals surface area contributed by atoms with Gasteiger partial charge < -0.3 is 15.1 Å². The normalized spacial score (nSPS) is 10.5. The molecule has 2 amide bonds. The molecule has 0 atom stereocenters. The molecular formula is C21H24Cl2N4O4. The number of benzene rings is 2. The molecule has 0 spiro atoms. The highest BCUT2D eigenvalue weighted by Crippen LogP contribution is 2.30. The largest absolute Gasteiger partial charge is 0.371 e. The molecule has 0 heterocycles. The standard InChI is InChI=1S/C21H24Cl2N4O4/c1-4-25(5-2)18-11-10-14(27(30)31)12-15(18)21(29)26(6-3)13-19(28)24-20-16(22)8-7-9-17(20)23/h7-12H,4-6,13H2,1-3H3,(H,24,28). The maximum Gasteiger partial charge on any atom is 0.270 e. The van der Waals surface area contributed by atoms with Crippen molar-refractivity contribution in [2.75, 3.05) is 36.4 Å². The van der Waals surface area contributed by atoms with Crippen LogP contribution in [-0.2, 0) is 4.79 Å². The lowest BCUT2D eigenvalue weighted by Crippen LogP contribution is -2.39. The van der Waals surface area contributed by atoms with E-state index in [1.807, 2.05) is 18.7 Å². The number of nitro groups is 1. The summed E-state index contributed by atoms with van der Waals surface area (Å²) in [6.07, 6.45) is 0. The van der Waals surface area contributed by atoms with Gasteiger partial charge in [-0.05, 0) is 39.0 Å². The molecule has 0 aliphatic carbocycles. The number of hydrogen-bond donors (Lipinski definition) is 1. The zero-order valence-corrected chi connectivity index (χ0v) is 19.0. The Balaban J connectivity index is 2.33.